The fraction of sp³-hybridized carbons (Fsp3) is 0.517. The number of allylic oxidation sites excluding steroid dienone is 4. The van der Waals surface area contributed by atoms with Crippen LogP contribution >= 0.6 is 11.6 Å². The zero-order valence-electron chi connectivity index (χ0n) is 23.6. The van der Waals surface area contributed by atoms with Crippen molar-refractivity contribution >= 4 is 17.2 Å². The molecule has 2 rings (SSSR count). The summed E-state index contributed by atoms with van der Waals surface area (Å²) in [6, 6.07) is 8.07. The molecule has 4 nitrogen and oxygen atoms in total. The van der Waals surface area contributed by atoms with Crippen molar-refractivity contribution in [2.45, 2.75) is 94.6 Å². The molecule has 2 aromatic rings. The summed E-state index contributed by atoms with van der Waals surface area (Å²) in [4.78, 5) is 7.49. The van der Waals surface area contributed by atoms with Gasteiger partial charge in [-0.1, -0.05) is 84.4 Å². The van der Waals surface area contributed by atoms with Crippen molar-refractivity contribution in [3.8, 4) is 11.6 Å². The first kappa shape index (κ1) is 35.7. The van der Waals surface area contributed by atoms with Gasteiger partial charge in [0.15, 0.2) is 5.75 Å². The van der Waals surface area contributed by atoms with Crippen molar-refractivity contribution < 1.29 is 18.6 Å². The normalized spacial score (nSPS) is 11.4. The third-order valence-corrected chi connectivity index (χ3v) is 5.13. The van der Waals surface area contributed by atoms with Crippen LogP contribution in [-0.4, -0.2) is 21.0 Å². The van der Waals surface area contributed by atoms with Crippen LogP contribution in [0.3, 0.4) is 0 Å². The van der Waals surface area contributed by atoms with Crippen LogP contribution in [0.15, 0.2) is 48.2 Å². The first-order valence-electron chi connectivity index (χ1n) is 12.5. The highest BCUT2D eigenvalue weighted by atomic mass is 35.5. The molecule has 1 aromatic heterocycles. The highest BCUT2D eigenvalue weighted by molar-refractivity contribution is 6.28. The summed E-state index contributed by atoms with van der Waals surface area (Å²) >= 11 is 5.66. The van der Waals surface area contributed by atoms with Gasteiger partial charge < -0.3 is 9.84 Å². The standard InChI is InChI=1S/C16H17ClN2O2.C6H10F2.C5H12.C2H6/c1-3-4-11(2)13-7-5-12(6-8-13)10-21-15-14(20)9-18-16(17)19-15;1-4-5(2)6(3,7)8;1-4-5(2)3;1-2/h4-9,20H,3,10H2,1-2H3;4H,1-3H3;5H,4H2,1-3H3;1-2H3/b11-4-;5-4+;;. The molecule has 0 aliphatic carbocycles. The predicted octanol–water partition coefficient (Wildman–Crippen LogP) is 9.91. The number of rotatable bonds is 7. The average Bonchev–Trinajstić information content (AvgIpc) is 2.86. The first-order chi connectivity index (χ1) is 16.8. The zero-order chi connectivity index (χ0) is 28.3. The second-order valence-electron chi connectivity index (χ2n) is 8.27. The lowest BCUT2D eigenvalue weighted by molar-refractivity contribution is 0.0633. The molecule has 204 valence electrons. The fourth-order valence-corrected chi connectivity index (χ4v) is 2.26. The lowest BCUT2D eigenvalue weighted by atomic mass is 10.0. The maximum absolute atomic E-state index is 12.0. The molecule has 0 bridgehead atoms. The fourth-order valence-electron chi connectivity index (χ4n) is 2.14. The predicted molar refractivity (Wildman–Crippen MR) is 150 cm³/mol. The van der Waals surface area contributed by atoms with Gasteiger partial charge in [0, 0.05) is 6.92 Å². The van der Waals surface area contributed by atoms with E-state index < -0.39 is 5.92 Å². The molecule has 0 radical (unpaired) electrons. The van der Waals surface area contributed by atoms with Crippen molar-refractivity contribution in [3.05, 3.63) is 64.6 Å². The molecule has 0 saturated carbocycles. The van der Waals surface area contributed by atoms with Crippen LogP contribution in [0.1, 0.15) is 93.2 Å². The summed E-state index contributed by atoms with van der Waals surface area (Å²) in [6.07, 6.45) is 7.14. The SMILES string of the molecule is C/C=C(\C)C(C)(F)F.CC.CC/C=C(/C)c1ccc(COc2nc(Cl)ncc2O)cc1.CCC(C)C. The molecule has 0 fully saturated rings. The monoisotopic (exact) mass is 526 g/mol. The van der Waals surface area contributed by atoms with Gasteiger partial charge in [-0.25, -0.2) is 13.8 Å². The van der Waals surface area contributed by atoms with Crippen LogP contribution in [0.4, 0.5) is 8.78 Å². The van der Waals surface area contributed by atoms with Crippen LogP contribution in [0, 0.1) is 5.92 Å². The Labute approximate surface area is 222 Å². The van der Waals surface area contributed by atoms with E-state index in [1.807, 2.05) is 38.1 Å². The molecule has 0 saturated heterocycles. The molecule has 0 unspecified atom stereocenters. The maximum Gasteiger partial charge on any atom is 0.266 e. The molecule has 1 N–H and O–H groups in total. The maximum atomic E-state index is 12.0. The molecule has 0 atom stereocenters. The molecular formula is C29H45ClF2N2O2. The Morgan fingerprint density at radius 3 is 2.06 bits per heavy atom. The summed E-state index contributed by atoms with van der Waals surface area (Å²) in [6.45, 7) is 19.1. The number of nitrogens with zero attached hydrogens (tertiary/aromatic N) is 2. The largest absolute Gasteiger partial charge is 0.502 e. The van der Waals surface area contributed by atoms with Crippen molar-refractivity contribution in [2.75, 3.05) is 0 Å². The topological polar surface area (TPSA) is 55.2 Å². The van der Waals surface area contributed by atoms with Crippen LogP contribution in [-0.2, 0) is 6.61 Å². The van der Waals surface area contributed by atoms with Gasteiger partial charge in [-0.15, -0.1) is 0 Å². The lowest BCUT2D eigenvalue weighted by Crippen LogP contribution is -2.10. The van der Waals surface area contributed by atoms with Gasteiger partial charge in [0.25, 0.3) is 11.8 Å². The molecule has 36 heavy (non-hydrogen) atoms. The van der Waals surface area contributed by atoms with Crippen LogP contribution < -0.4 is 4.74 Å². The second-order valence-corrected chi connectivity index (χ2v) is 8.61. The van der Waals surface area contributed by atoms with Crippen molar-refractivity contribution in [1.82, 2.24) is 9.97 Å². The summed E-state index contributed by atoms with van der Waals surface area (Å²) in [5.74, 6) is -1.79. The lowest BCUT2D eigenvalue weighted by Gasteiger charge is -2.08. The summed E-state index contributed by atoms with van der Waals surface area (Å²) < 4.78 is 29.5. The van der Waals surface area contributed by atoms with Crippen LogP contribution in [0.2, 0.25) is 5.28 Å². The number of ether oxygens (including phenoxy) is 1. The van der Waals surface area contributed by atoms with Crippen molar-refractivity contribution in [1.29, 1.82) is 0 Å². The Kier molecular flexibility index (Phi) is 19.5. The molecule has 0 aliphatic heterocycles. The Hall–Kier alpha value is -2.47. The van der Waals surface area contributed by atoms with Crippen LogP contribution in [0.25, 0.3) is 5.57 Å². The number of halogens is 3. The second kappa shape index (κ2) is 19.7. The molecule has 0 amide bonds. The van der Waals surface area contributed by atoms with E-state index in [9.17, 15) is 13.9 Å². The highest BCUT2D eigenvalue weighted by Crippen LogP contribution is 2.24. The Bertz CT molecular complexity index is 906. The molecule has 0 aliphatic rings. The van der Waals surface area contributed by atoms with Gasteiger partial charge in [0.2, 0.25) is 5.28 Å². The van der Waals surface area contributed by atoms with Gasteiger partial charge >= 0.3 is 0 Å². The third kappa shape index (κ3) is 16.2. The zero-order valence-corrected chi connectivity index (χ0v) is 24.4. The summed E-state index contributed by atoms with van der Waals surface area (Å²) in [5.41, 5.74) is 3.55. The van der Waals surface area contributed by atoms with Crippen molar-refractivity contribution in [2.24, 2.45) is 5.92 Å². The van der Waals surface area contributed by atoms with Gasteiger partial charge in [-0.05, 0) is 67.0 Å². The third-order valence-electron chi connectivity index (χ3n) is 4.94. The number of benzene rings is 1. The Morgan fingerprint density at radius 2 is 1.67 bits per heavy atom. The average molecular weight is 527 g/mol. The van der Waals surface area contributed by atoms with Crippen LogP contribution in [0.5, 0.6) is 11.6 Å². The smallest absolute Gasteiger partial charge is 0.266 e. The van der Waals surface area contributed by atoms with Crippen molar-refractivity contribution in [3.63, 3.8) is 0 Å². The van der Waals surface area contributed by atoms with Gasteiger partial charge in [0.1, 0.15) is 6.61 Å². The molecular weight excluding hydrogens is 482 g/mol. The highest BCUT2D eigenvalue weighted by Gasteiger charge is 2.22. The number of alkyl halides is 2. The minimum absolute atomic E-state index is 0.0403. The van der Waals surface area contributed by atoms with E-state index in [1.165, 1.54) is 36.8 Å². The quantitative estimate of drug-likeness (QED) is 0.288. The summed E-state index contributed by atoms with van der Waals surface area (Å²) in [7, 11) is 0. The van der Waals surface area contributed by atoms with Gasteiger partial charge in [-0.3, -0.25) is 0 Å². The van der Waals surface area contributed by atoms with E-state index in [-0.39, 0.29) is 22.5 Å². The molecule has 1 aromatic carbocycles. The Morgan fingerprint density at radius 1 is 1.14 bits per heavy atom. The van der Waals surface area contributed by atoms with E-state index in [2.05, 4.69) is 50.7 Å². The number of aromatic nitrogens is 2. The van der Waals surface area contributed by atoms with E-state index in [0.717, 1.165) is 24.8 Å². The minimum atomic E-state index is -2.63. The van der Waals surface area contributed by atoms with E-state index in [4.69, 9.17) is 16.3 Å². The minimum Gasteiger partial charge on any atom is -0.502 e. The number of hydrogen-bond donors (Lipinski definition) is 1. The van der Waals surface area contributed by atoms with E-state index >= 15 is 0 Å². The summed E-state index contributed by atoms with van der Waals surface area (Å²) in [5, 5.41) is 9.61. The molecule has 1 heterocycles. The van der Waals surface area contributed by atoms with Gasteiger partial charge in [0.05, 0.1) is 6.20 Å². The number of aromatic hydroxyl groups is 1. The molecule has 0 spiro atoms. The molecule has 7 heteroatoms. The first-order valence-corrected chi connectivity index (χ1v) is 12.8. The van der Waals surface area contributed by atoms with E-state index in [1.54, 1.807) is 6.92 Å². The number of hydrogen-bond acceptors (Lipinski definition) is 4. The Balaban J connectivity index is 0. The van der Waals surface area contributed by atoms with Gasteiger partial charge in [-0.2, -0.15) is 4.98 Å². The van der Waals surface area contributed by atoms with E-state index in [0.29, 0.717) is 6.61 Å².